The first-order chi connectivity index (χ1) is 15.4. The molecule has 1 N–H and O–H groups in total. The fraction of sp³-hybridized carbons (Fsp3) is 0.680. The summed E-state index contributed by atoms with van der Waals surface area (Å²) >= 11 is 0. The van der Waals surface area contributed by atoms with Crippen LogP contribution >= 0.6 is 0 Å². The van der Waals surface area contributed by atoms with Crippen LogP contribution in [0.4, 0.5) is 0 Å². The number of carbonyl (C=O) groups excluding carboxylic acids is 4. The number of nitrogens with one attached hydrogen (secondary N) is 1. The van der Waals surface area contributed by atoms with Crippen LogP contribution in [-0.2, 0) is 19.2 Å². The fourth-order valence-electron chi connectivity index (χ4n) is 4.58. The second-order valence-corrected chi connectivity index (χ2v) is 8.81. The molecule has 0 spiro atoms. The van der Waals surface area contributed by atoms with E-state index >= 15 is 0 Å². The van der Waals surface area contributed by atoms with Crippen molar-refractivity contribution in [1.82, 2.24) is 15.1 Å². The van der Waals surface area contributed by atoms with Crippen molar-refractivity contribution in [2.75, 3.05) is 32.7 Å². The van der Waals surface area contributed by atoms with Crippen LogP contribution in [-0.4, -0.2) is 66.0 Å². The summed E-state index contributed by atoms with van der Waals surface area (Å²) in [7, 11) is 0. The molecule has 1 unspecified atom stereocenters. The van der Waals surface area contributed by atoms with E-state index in [4.69, 9.17) is 0 Å². The van der Waals surface area contributed by atoms with Gasteiger partial charge in [-0.15, -0.1) is 0 Å². The Morgan fingerprint density at radius 3 is 2.19 bits per heavy atom. The third-order valence-electron chi connectivity index (χ3n) is 6.57. The van der Waals surface area contributed by atoms with Crippen molar-refractivity contribution in [3.63, 3.8) is 0 Å². The molecule has 0 bridgehead atoms. The van der Waals surface area contributed by atoms with Gasteiger partial charge in [0.15, 0.2) is 0 Å². The molecule has 1 aliphatic carbocycles. The zero-order chi connectivity index (χ0) is 23.5. The molecule has 2 rings (SSSR count). The molecule has 3 amide bonds. The van der Waals surface area contributed by atoms with E-state index in [1.165, 1.54) is 12.8 Å². The Morgan fingerprint density at radius 1 is 1.00 bits per heavy atom. The summed E-state index contributed by atoms with van der Waals surface area (Å²) in [5.74, 6) is -0.119. The van der Waals surface area contributed by atoms with Crippen molar-refractivity contribution in [2.24, 2.45) is 11.8 Å². The summed E-state index contributed by atoms with van der Waals surface area (Å²) in [6, 6.07) is 0. The van der Waals surface area contributed by atoms with E-state index in [1.54, 1.807) is 22.0 Å². The second-order valence-electron chi connectivity index (χ2n) is 8.81. The van der Waals surface area contributed by atoms with Gasteiger partial charge in [-0.2, -0.15) is 0 Å². The zero-order valence-electron chi connectivity index (χ0n) is 19.9. The van der Waals surface area contributed by atoms with Crippen molar-refractivity contribution in [3.8, 4) is 0 Å². The number of allylic oxidation sites excluding steroid dienone is 2. The van der Waals surface area contributed by atoms with E-state index < -0.39 is 0 Å². The minimum Gasteiger partial charge on any atom is -0.347 e. The molecule has 0 aromatic rings. The third kappa shape index (κ3) is 7.61. The summed E-state index contributed by atoms with van der Waals surface area (Å²) in [5, 5.41) is 2.78. The molecule has 2 fully saturated rings. The molecule has 7 heteroatoms. The van der Waals surface area contributed by atoms with Crippen LogP contribution in [0.3, 0.4) is 0 Å². The number of hydrogen-bond donors (Lipinski definition) is 1. The van der Waals surface area contributed by atoms with Crippen LogP contribution < -0.4 is 5.32 Å². The third-order valence-corrected chi connectivity index (χ3v) is 6.57. The molecule has 1 saturated heterocycles. The van der Waals surface area contributed by atoms with Crippen LogP contribution in [0.5, 0.6) is 0 Å². The Hall–Kier alpha value is -2.44. The molecule has 1 saturated carbocycles. The summed E-state index contributed by atoms with van der Waals surface area (Å²) in [5.41, 5.74) is 0.648. The van der Waals surface area contributed by atoms with Crippen LogP contribution in [0, 0.1) is 11.8 Å². The molecule has 0 aromatic carbocycles. The first kappa shape index (κ1) is 25.8. The standard InChI is InChI=1S/C25H39N3O4/c1-4-9-20(5-2)25(32)28-14-12-27(13-15-28)23(30)18-26-24(31)21(17-22(29)6-3)16-19-10-7-8-11-19/h4-5,9,19,21H,6-8,10-18H2,1-3H3,(H,26,31)/b9-4-,20-5+. The molecule has 7 nitrogen and oxygen atoms in total. The molecule has 1 heterocycles. The minimum atomic E-state index is -0.348. The predicted octanol–water partition coefficient (Wildman–Crippen LogP) is 2.86. The lowest BCUT2D eigenvalue weighted by Gasteiger charge is -2.35. The highest BCUT2D eigenvalue weighted by molar-refractivity contribution is 5.96. The van der Waals surface area contributed by atoms with Crippen molar-refractivity contribution in [3.05, 3.63) is 23.8 Å². The molecule has 32 heavy (non-hydrogen) atoms. The molecule has 178 valence electrons. The number of rotatable bonds is 10. The number of carbonyl (C=O) groups is 4. The normalized spacial score (nSPS) is 18.8. The Morgan fingerprint density at radius 2 is 1.62 bits per heavy atom. The van der Waals surface area contributed by atoms with Gasteiger partial charge >= 0.3 is 0 Å². The molecule has 0 aromatic heterocycles. The van der Waals surface area contributed by atoms with Crippen LogP contribution in [0.2, 0.25) is 0 Å². The Balaban J connectivity index is 1.83. The highest BCUT2D eigenvalue weighted by Crippen LogP contribution is 2.31. The van der Waals surface area contributed by atoms with Gasteiger partial charge in [-0.3, -0.25) is 19.2 Å². The smallest absolute Gasteiger partial charge is 0.253 e. The maximum Gasteiger partial charge on any atom is 0.253 e. The van der Waals surface area contributed by atoms with Gasteiger partial charge in [-0.1, -0.05) is 50.8 Å². The maximum absolute atomic E-state index is 12.8. The maximum atomic E-state index is 12.8. The molecule has 2 aliphatic rings. The van der Waals surface area contributed by atoms with Crippen molar-refractivity contribution in [1.29, 1.82) is 0 Å². The van der Waals surface area contributed by atoms with Gasteiger partial charge in [-0.05, 0) is 26.2 Å². The Kier molecular flexibility index (Phi) is 10.6. The molecule has 1 atom stereocenters. The second kappa shape index (κ2) is 13.2. The monoisotopic (exact) mass is 445 g/mol. The Bertz CT molecular complexity index is 729. The van der Waals surface area contributed by atoms with Crippen molar-refractivity contribution in [2.45, 2.75) is 65.7 Å². The molecular formula is C25H39N3O4. The summed E-state index contributed by atoms with van der Waals surface area (Å²) in [6.45, 7) is 7.32. The van der Waals surface area contributed by atoms with Gasteiger partial charge in [0.1, 0.15) is 5.78 Å². The topological polar surface area (TPSA) is 86.8 Å². The van der Waals surface area contributed by atoms with Crippen molar-refractivity contribution >= 4 is 23.5 Å². The largest absolute Gasteiger partial charge is 0.347 e. The zero-order valence-corrected chi connectivity index (χ0v) is 19.9. The van der Waals surface area contributed by atoms with Gasteiger partial charge in [0.05, 0.1) is 6.54 Å². The van der Waals surface area contributed by atoms with Gasteiger partial charge in [0, 0.05) is 50.5 Å². The predicted molar refractivity (Wildman–Crippen MR) is 125 cm³/mol. The van der Waals surface area contributed by atoms with Crippen molar-refractivity contribution < 1.29 is 19.2 Å². The SMILES string of the molecule is C/C=C\C(=C/C)C(=O)N1CCN(C(=O)CNC(=O)C(CC(=O)CC)CC2CCCC2)CC1. The molecular weight excluding hydrogens is 406 g/mol. The lowest BCUT2D eigenvalue weighted by Crippen LogP contribution is -2.53. The first-order valence-electron chi connectivity index (χ1n) is 12.0. The van der Waals surface area contributed by atoms with E-state index in [1.807, 2.05) is 26.8 Å². The number of Topliss-reactive ketones (excluding diaryl/α,β-unsaturated/α-hetero) is 1. The van der Waals surface area contributed by atoms with E-state index in [-0.39, 0.29) is 42.4 Å². The van der Waals surface area contributed by atoms with E-state index in [9.17, 15) is 19.2 Å². The van der Waals surface area contributed by atoms with Gasteiger partial charge < -0.3 is 15.1 Å². The quantitative estimate of drug-likeness (QED) is 0.414. The average molecular weight is 446 g/mol. The van der Waals surface area contributed by atoms with E-state index in [0.717, 1.165) is 19.3 Å². The highest BCUT2D eigenvalue weighted by Gasteiger charge is 2.29. The molecule has 0 radical (unpaired) electrons. The Labute approximate surface area is 192 Å². The van der Waals surface area contributed by atoms with Crippen LogP contribution in [0.1, 0.15) is 65.7 Å². The number of ketones is 1. The first-order valence-corrected chi connectivity index (χ1v) is 12.0. The fourth-order valence-corrected chi connectivity index (χ4v) is 4.58. The van der Waals surface area contributed by atoms with E-state index in [0.29, 0.717) is 44.1 Å². The molecule has 1 aliphatic heterocycles. The average Bonchev–Trinajstić information content (AvgIpc) is 3.33. The van der Waals surface area contributed by atoms with Gasteiger partial charge in [0.25, 0.3) is 5.91 Å². The van der Waals surface area contributed by atoms with Crippen LogP contribution in [0.15, 0.2) is 23.8 Å². The highest BCUT2D eigenvalue weighted by atomic mass is 16.2. The van der Waals surface area contributed by atoms with Gasteiger partial charge in [0.2, 0.25) is 11.8 Å². The number of piperazine rings is 1. The summed E-state index contributed by atoms with van der Waals surface area (Å²) < 4.78 is 0. The van der Waals surface area contributed by atoms with E-state index in [2.05, 4.69) is 5.32 Å². The lowest BCUT2D eigenvalue weighted by atomic mass is 9.88. The summed E-state index contributed by atoms with van der Waals surface area (Å²) in [4.78, 5) is 53.4. The minimum absolute atomic E-state index is 0.0265. The van der Waals surface area contributed by atoms with Gasteiger partial charge in [-0.25, -0.2) is 0 Å². The lowest BCUT2D eigenvalue weighted by molar-refractivity contribution is -0.138. The number of hydrogen-bond acceptors (Lipinski definition) is 4. The number of nitrogens with zero attached hydrogens (tertiary/aromatic N) is 2. The summed E-state index contributed by atoms with van der Waals surface area (Å²) in [6.07, 6.45) is 11.5. The van der Waals surface area contributed by atoms with Crippen LogP contribution in [0.25, 0.3) is 0 Å². The number of amides is 3.